The number of benzene rings is 1. The fourth-order valence-electron chi connectivity index (χ4n) is 6.03. The van der Waals surface area contributed by atoms with Crippen LogP contribution in [0.5, 0.6) is 5.75 Å². The normalized spacial score (nSPS) is 21.8. The van der Waals surface area contributed by atoms with Gasteiger partial charge in [0, 0.05) is 37.9 Å². The number of nitrogens with zero attached hydrogens (tertiary/aromatic N) is 2. The van der Waals surface area contributed by atoms with Gasteiger partial charge in [0.2, 0.25) is 0 Å². The maximum Gasteiger partial charge on any atom is 0.306 e. The van der Waals surface area contributed by atoms with Crippen LogP contribution in [0.15, 0.2) is 18.2 Å². The Kier molecular flexibility index (Phi) is 8.96. The van der Waals surface area contributed by atoms with E-state index in [0.717, 1.165) is 51.0 Å². The molecule has 1 saturated carbocycles. The van der Waals surface area contributed by atoms with E-state index in [4.69, 9.17) is 4.18 Å². The Morgan fingerprint density at radius 2 is 1.62 bits per heavy atom. The molecule has 0 amide bonds. The molecule has 1 aliphatic heterocycles. The molecule has 5 nitrogen and oxygen atoms in total. The predicted octanol–water partition coefficient (Wildman–Crippen LogP) is 5.69. The first kappa shape index (κ1) is 27.3. The van der Waals surface area contributed by atoms with Gasteiger partial charge in [-0.05, 0) is 60.6 Å². The van der Waals surface area contributed by atoms with Gasteiger partial charge < -0.3 is 9.08 Å². The molecule has 32 heavy (non-hydrogen) atoms. The van der Waals surface area contributed by atoms with Crippen molar-refractivity contribution < 1.29 is 12.6 Å². The van der Waals surface area contributed by atoms with E-state index in [1.54, 1.807) is 0 Å². The van der Waals surface area contributed by atoms with Crippen molar-refractivity contribution in [2.45, 2.75) is 72.6 Å². The van der Waals surface area contributed by atoms with Gasteiger partial charge >= 0.3 is 10.1 Å². The van der Waals surface area contributed by atoms with Crippen molar-refractivity contribution in [2.24, 2.45) is 10.8 Å². The molecule has 184 valence electrons. The van der Waals surface area contributed by atoms with E-state index in [2.05, 4.69) is 50.5 Å². The third-order valence-electron chi connectivity index (χ3n) is 6.79. The fraction of sp³-hybridized carbons (Fsp3) is 0.760. The van der Waals surface area contributed by atoms with E-state index >= 15 is 0 Å². The lowest BCUT2D eigenvalue weighted by atomic mass is 9.60. The molecule has 0 radical (unpaired) electrons. The lowest BCUT2D eigenvalue weighted by Crippen LogP contribution is -2.47. The number of anilines is 1. The van der Waals surface area contributed by atoms with Crippen LogP contribution in [0.25, 0.3) is 0 Å². The average molecular weight is 487 g/mol. The van der Waals surface area contributed by atoms with Crippen molar-refractivity contribution in [3.63, 3.8) is 0 Å². The molecule has 0 N–H and O–H groups in total. The van der Waals surface area contributed by atoms with Crippen molar-refractivity contribution in [3.05, 3.63) is 23.8 Å². The van der Waals surface area contributed by atoms with Crippen LogP contribution in [0, 0.1) is 10.8 Å². The standard InChI is InChI=1S/C25H42N2O3S.ClH/c1-7-8-11-26-12-14-27(15-13-26)23-16-21(30-31(6,28)29)9-10-22(23)20-17-24(2,3)19-25(4,5)18-20;/h9-10,16,20H,7-8,11-15,17-19H2,1-6H3;1H. The monoisotopic (exact) mass is 486 g/mol. The summed E-state index contributed by atoms with van der Waals surface area (Å²) >= 11 is 0. The molecule has 0 unspecified atom stereocenters. The highest BCUT2D eigenvalue weighted by atomic mass is 35.5. The molecule has 0 bridgehead atoms. The second-order valence-corrected chi connectivity index (χ2v) is 12.9. The maximum atomic E-state index is 11.7. The SMILES string of the molecule is CCCCN1CCN(c2cc(OS(C)(=O)=O)ccc2C2CC(C)(C)CC(C)(C)C2)CC1.Cl. The van der Waals surface area contributed by atoms with E-state index in [-0.39, 0.29) is 12.4 Å². The van der Waals surface area contributed by atoms with Crippen LogP contribution in [-0.2, 0) is 10.1 Å². The zero-order valence-electron chi connectivity index (χ0n) is 20.8. The van der Waals surface area contributed by atoms with Gasteiger partial charge in [0.05, 0.1) is 6.26 Å². The molecule has 1 aromatic carbocycles. The molecular weight excluding hydrogens is 444 g/mol. The lowest BCUT2D eigenvalue weighted by molar-refractivity contribution is 0.0970. The molecule has 1 aromatic rings. The Labute approximate surface area is 202 Å². The first-order chi connectivity index (χ1) is 14.4. The highest BCUT2D eigenvalue weighted by molar-refractivity contribution is 7.86. The van der Waals surface area contributed by atoms with Crippen LogP contribution in [0.1, 0.15) is 78.2 Å². The minimum atomic E-state index is -3.55. The number of hydrogen-bond donors (Lipinski definition) is 0. The molecule has 7 heteroatoms. The van der Waals surface area contributed by atoms with Gasteiger partial charge in [0.15, 0.2) is 0 Å². The second kappa shape index (κ2) is 10.5. The Morgan fingerprint density at radius 3 is 2.16 bits per heavy atom. The maximum absolute atomic E-state index is 11.7. The highest BCUT2D eigenvalue weighted by Gasteiger charge is 2.40. The quantitative estimate of drug-likeness (QED) is 0.463. The molecule has 1 heterocycles. The van der Waals surface area contributed by atoms with Crippen molar-refractivity contribution in [1.29, 1.82) is 0 Å². The summed E-state index contributed by atoms with van der Waals surface area (Å²) in [6.07, 6.45) is 7.13. The van der Waals surface area contributed by atoms with E-state index in [1.807, 2.05) is 12.1 Å². The van der Waals surface area contributed by atoms with Crippen LogP contribution in [0.4, 0.5) is 5.69 Å². The summed E-state index contributed by atoms with van der Waals surface area (Å²) in [4.78, 5) is 4.99. The minimum absolute atomic E-state index is 0. The molecular formula is C25H43ClN2O3S. The van der Waals surface area contributed by atoms with Crippen LogP contribution < -0.4 is 9.08 Å². The van der Waals surface area contributed by atoms with Crippen LogP contribution in [0.3, 0.4) is 0 Å². The van der Waals surface area contributed by atoms with Gasteiger partial charge in [-0.2, -0.15) is 8.42 Å². The van der Waals surface area contributed by atoms with Crippen LogP contribution in [-0.4, -0.2) is 52.3 Å². The molecule has 1 aliphatic carbocycles. The molecule has 3 rings (SSSR count). The van der Waals surface area contributed by atoms with Crippen LogP contribution >= 0.6 is 12.4 Å². The van der Waals surface area contributed by atoms with Gasteiger partial charge in [0.25, 0.3) is 0 Å². The number of rotatable bonds is 7. The summed E-state index contributed by atoms with van der Waals surface area (Å²) < 4.78 is 28.8. The van der Waals surface area contributed by atoms with Crippen molar-refractivity contribution in [2.75, 3.05) is 43.9 Å². The predicted molar refractivity (Wildman–Crippen MR) is 137 cm³/mol. The zero-order chi connectivity index (χ0) is 22.9. The highest BCUT2D eigenvalue weighted by Crippen LogP contribution is 2.53. The Hall–Kier alpha value is -0.980. The molecule has 0 atom stereocenters. The fourth-order valence-corrected chi connectivity index (χ4v) is 6.48. The molecule has 2 aliphatic rings. The first-order valence-corrected chi connectivity index (χ1v) is 13.7. The second-order valence-electron chi connectivity index (χ2n) is 11.3. The smallest absolute Gasteiger partial charge is 0.306 e. The van der Waals surface area contributed by atoms with Gasteiger partial charge in [-0.15, -0.1) is 12.4 Å². The third-order valence-corrected chi connectivity index (χ3v) is 7.28. The number of hydrogen-bond acceptors (Lipinski definition) is 5. The largest absolute Gasteiger partial charge is 0.383 e. The molecule has 0 aromatic heterocycles. The Morgan fingerprint density at radius 1 is 1.03 bits per heavy atom. The van der Waals surface area contributed by atoms with Gasteiger partial charge in [-0.1, -0.05) is 47.1 Å². The van der Waals surface area contributed by atoms with E-state index < -0.39 is 10.1 Å². The van der Waals surface area contributed by atoms with Gasteiger partial charge in [-0.3, -0.25) is 4.90 Å². The van der Waals surface area contributed by atoms with Gasteiger partial charge in [0.1, 0.15) is 5.75 Å². The lowest BCUT2D eigenvalue weighted by Gasteiger charge is -2.46. The van der Waals surface area contributed by atoms with E-state index in [0.29, 0.717) is 22.5 Å². The third kappa shape index (κ3) is 7.53. The summed E-state index contributed by atoms with van der Waals surface area (Å²) in [5.74, 6) is 0.892. The number of halogens is 1. The minimum Gasteiger partial charge on any atom is -0.383 e. The molecule has 1 saturated heterocycles. The summed E-state index contributed by atoms with van der Waals surface area (Å²) in [5, 5.41) is 0. The van der Waals surface area contributed by atoms with Crippen molar-refractivity contribution in [3.8, 4) is 5.75 Å². The average Bonchev–Trinajstić information content (AvgIpc) is 2.63. The van der Waals surface area contributed by atoms with Crippen LogP contribution in [0.2, 0.25) is 0 Å². The number of piperazine rings is 1. The summed E-state index contributed by atoms with van der Waals surface area (Å²) in [7, 11) is -3.55. The topological polar surface area (TPSA) is 49.9 Å². The first-order valence-electron chi connectivity index (χ1n) is 11.9. The van der Waals surface area contributed by atoms with Crippen molar-refractivity contribution in [1.82, 2.24) is 4.90 Å². The Bertz CT molecular complexity index is 846. The van der Waals surface area contributed by atoms with Gasteiger partial charge in [-0.25, -0.2) is 0 Å². The van der Waals surface area contributed by atoms with E-state index in [9.17, 15) is 8.42 Å². The Balaban J connectivity index is 0.00000363. The van der Waals surface area contributed by atoms with Crippen molar-refractivity contribution >= 4 is 28.2 Å². The summed E-state index contributed by atoms with van der Waals surface area (Å²) in [6.45, 7) is 17.0. The molecule has 0 spiro atoms. The number of unbranched alkanes of at least 4 members (excludes halogenated alkanes) is 1. The van der Waals surface area contributed by atoms with E-state index in [1.165, 1.54) is 31.4 Å². The molecule has 2 fully saturated rings. The zero-order valence-corrected chi connectivity index (χ0v) is 22.4. The summed E-state index contributed by atoms with van der Waals surface area (Å²) in [5.41, 5.74) is 3.10. The summed E-state index contributed by atoms with van der Waals surface area (Å²) in [6, 6.07) is 5.93.